The van der Waals surface area contributed by atoms with Crippen molar-refractivity contribution in [2.24, 2.45) is 0 Å². The molecule has 0 spiro atoms. The summed E-state index contributed by atoms with van der Waals surface area (Å²) >= 11 is 0. The molecule has 3 aliphatic rings. The predicted molar refractivity (Wildman–Crippen MR) is 101 cm³/mol. The molecule has 2 aliphatic heterocycles. The SMILES string of the molecule is O=C1NC(=O)[C@@](C#Cc2cc(F)cc(F)c2)(CN2CC3=C(C=C(OC(F)F)CC3)C2=O)N1. The highest BCUT2D eigenvalue weighted by Gasteiger charge is 2.48. The molecule has 0 aromatic heterocycles. The molecule has 1 aromatic carbocycles. The van der Waals surface area contributed by atoms with Crippen molar-refractivity contribution in [2.75, 3.05) is 13.1 Å². The molecule has 4 rings (SSSR count). The maximum absolute atomic E-state index is 13.4. The van der Waals surface area contributed by atoms with Gasteiger partial charge in [-0.2, -0.15) is 8.78 Å². The van der Waals surface area contributed by atoms with Gasteiger partial charge in [0, 0.05) is 30.2 Å². The van der Waals surface area contributed by atoms with Crippen LogP contribution >= 0.6 is 0 Å². The number of nitrogens with zero attached hydrogens (tertiary/aromatic N) is 1. The number of halogens is 4. The van der Waals surface area contributed by atoms with Crippen molar-refractivity contribution in [1.29, 1.82) is 0 Å². The summed E-state index contributed by atoms with van der Waals surface area (Å²) < 4.78 is 56.3. The molecular weight excluding hydrogens is 434 g/mol. The number of allylic oxidation sites excluding steroid dienone is 1. The number of amides is 4. The molecule has 0 unspecified atom stereocenters. The molecule has 2 heterocycles. The third kappa shape index (κ3) is 4.16. The first kappa shape index (κ1) is 21.4. The van der Waals surface area contributed by atoms with Gasteiger partial charge >= 0.3 is 12.6 Å². The minimum absolute atomic E-state index is 0.0245. The lowest BCUT2D eigenvalue weighted by molar-refractivity contribution is -0.128. The second kappa shape index (κ2) is 8.03. The molecule has 4 amide bonds. The van der Waals surface area contributed by atoms with E-state index in [4.69, 9.17) is 0 Å². The standard InChI is InChI=1S/C21H15F4N3O4/c22-13-5-11(6-14(23)7-13)3-4-21(18(30)26-20(31)27-21)10-28-9-12-1-2-15(32-19(24)25)8-16(12)17(28)29/h5-8,19H,1-2,9-10H2,(H2,26,27,30,31)/t21-/m1/s1. The van der Waals surface area contributed by atoms with E-state index in [1.54, 1.807) is 0 Å². The third-order valence-electron chi connectivity index (χ3n) is 5.15. The molecular formula is C21H15F4N3O4. The largest absolute Gasteiger partial charge is 0.439 e. The van der Waals surface area contributed by atoms with Crippen molar-refractivity contribution in [2.45, 2.75) is 25.0 Å². The Balaban J connectivity index is 1.60. The van der Waals surface area contributed by atoms with Crippen LogP contribution in [0.4, 0.5) is 22.4 Å². The molecule has 0 saturated carbocycles. The summed E-state index contributed by atoms with van der Waals surface area (Å²) in [6.45, 7) is -3.27. The van der Waals surface area contributed by atoms with Gasteiger partial charge in [-0.15, -0.1) is 0 Å². The van der Waals surface area contributed by atoms with Gasteiger partial charge in [-0.1, -0.05) is 11.8 Å². The average Bonchev–Trinajstić information content (AvgIpc) is 3.15. The first-order chi connectivity index (χ1) is 15.1. The minimum Gasteiger partial charge on any atom is -0.439 e. The van der Waals surface area contributed by atoms with E-state index >= 15 is 0 Å². The van der Waals surface area contributed by atoms with Crippen LogP contribution in [0.5, 0.6) is 0 Å². The van der Waals surface area contributed by atoms with Crippen LogP contribution in [0.25, 0.3) is 0 Å². The first-order valence-corrected chi connectivity index (χ1v) is 9.45. The van der Waals surface area contributed by atoms with Crippen LogP contribution in [0, 0.1) is 23.5 Å². The number of carbonyl (C=O) groups is 3. The van der Waals surface area contributed by atoms with E-state index in [1.165, 1.54) is 11.0 Å². The zero-order valence-electron chi connectivity index (χ0n) is 16.3. The highest BCUT2D eigenvalue weighted by molar-refractivity contribution is 6.10. The molecule has 166 valence electrons. The molecule has 1 saturated heterocycles. The fourth-order valence-electron chi connectivity index (χ4n) is 3.75. The summed E-state index contributed by atoms with van der Waals surface area (Å²) in [5, 5.41) is 4.41. The Kier molecular flexibility index (Phi) is 5.38. The van der Waals surface area contributed by atoms with E-state index < -0.39 is 41.6 Å². The van der Waals surface area contributed by atoms with Crippen LogP contribution in [0.3, 0.4) is 0 Å². The number of alkyl halides is 2. The Labute approximate surface area is 179 Å². The van der Waals surface area contributed by atoms with E-state index in [1.807, 2.05) is 5.32 Å². The number of nitrogens with one attached hydrogen (secondary N) is 2. The number of imide groups is 1. The van der Waals surface area contributed by atoms with E-state index in [0.717, 1.165) is 12.1 Å². The molecule has 0 radical (unpaired) electrons. The van der Waals surface area contributed by atoms with Crippen LogP contribution in [0.15, 0.2) is 41.2 Å². The third-order valence-corrected chi connectivity index (χ3v) is 5.15. The van der Waals surface area contributed by atoms with Crippen molar-refractivity contribution in [3.05, 3.63) is 58.4 Å². The number of carbonyl (C=O) groups excluding carboxylic acids is 3. The summed E-state index contributed by atoms with van der Waals surface area (Å²) in [6, 6.07) is 1.72. The molecule has 2 N–H and O–H groups in total. The molecule has 11 heteroatoms. The Hall–Kier alpha value is -3.81. The quantitative estimate of drug-likeness (QED) is 0.418. The van der Waals surface area contributed by atoms with Gasteiger partial charge in [-0.05, 0) is 30.2 Å². The Morgan fingerprint density at radius 1 is 1.12 bits per heavy atom. The first-order valence-electron chi connectivity index (χ1n) is 9.45. The number of rotatable bonds is 4. The summed E-state index contributed by atoms with van der Waals surface area (Å²) in [5.41, 5.74) is -1.07. The van der Waals surface area contributed by atoms with Crippen LogP contribution in [-0.2, 0) is 14.3 Å². The van der Waals surface area contributed by atoms with E-state index in [2.05, 4.69) is 21.9 Å². The fraction of sp³-hybridized carbons (Fsp3) is 0.286. The lowest BCUT2D eigenvalue weighted by Crippen LogP contribution is -2.55. The van der Waals surface area contributed by atoms with Gasteiger partial charge in [0.15, 0.2) is 0 Å². The summed E-state index contributed by atoms with van der Waals surface area (Å²) in [4.78, 5) is 38.4. The smallest absolute Gasteiger partial charge is 0.387 e. The summed E-state index contributed by atoms with van der Waals surface area (Å²) in [6.07, 6.45) is 1.75. The van der Waals surface area contributed by atoms with Crippen molar-refractivity contribution in [3.8, 4) is 11.8 Å². The van der Waals surface area contributed by atoms with Crippen LogP contribution in [-0.4, -0.2) is 48.0 Å². The van der Waals surface area contributed by atoms with Crippen LogP contribution < -0.4 is 10.6 Å². The second-order valence-corrected chi connectivity index (χ2v) is 7.39. The monoisotopic (exact) mass is 449 g/mol. The van der Waals surface area contributed by atoms with E-state index in [-0.39, 0.29) is 36.4 Å². The lowest BCUT2D eigenvalue weighted by Gasteiger charge is -2.26. The van der Waals surface area contributed by atoms with Gasteiger partial charge in [0.2, 0.25) is 5.54 Å². The van der Waals surface area contributed by atoms with Gasteiger partial charge in [-0.3, -0.25) is 14.9 Å². The average molecular weight is 449 g/mol. The van der Waals surface area contributed by atoms with Crippen molar-refractivity contribution < 1.29 is 36.7 Å². The van der Waals surface area contributed by atoms with Gasteiger partial charge in [0.1, 0.15) is 17.4 Å². The molecule has 32 heavy (non-hydrogen) atoms. The Bertz CT molecular complexity index is 1130. The number of hydrogen-bond donors (Lipinski definition) is 2. The van der Waals surface area contributed by atoms with Gasteiger partial charge in [0.25, 0.3) is 11.8 Å². The summed E-state index contributed by atoms with van der Waals surface area (Å²) in [7, 11) is 0. The highest BCUT2D eigenvalue weighted by atomic mass is 19.3. The number of ether oxygens (including phenoxy) is 1. The van der Waals surface area contributed by atoms with E-state index in [0.29, 0.717) is 18.1 Å². The normalized spacial score (nSPS) is 22.3. The second-order valence-electron chi connectivity index (χ2n) is 7.39. The lowest BCUT2D eigenvalue weighted by atomic mass is 9.99. The van der Waals surface area contributed by atoms with Gasteiger partial charge in [-0.25, -0.2) is 13.6 Å². The van der Waals surface area contributed by atoms with E-state index in [9.17, 15) is 31.9 Å². The van der Waals surface area contributed by atoms with Crippen LogP contribution in [0.1, 0.15) is 18.4 Å². The summed E-state index contributed by atoms with van der Waals surface area (Å²) in [5.74, 6) is 1.86. The zero-order chi connectivity index (χ0) is 23.0. The van der Waals surface area contributed by atoms with Crippen molar-refractivity contribution in [1.82, 2.24) is 15.5 Å². The number of hydrogen-bond acceptors (Lipinski definition) is 4. The minimum atomic E-state index is -3.01. The molecule has 1 aliphatic carbocycles. The van der Waals surface area contributed by atoms with Gasteiger partial charge < -0.3 is 15.0 Å². The zero-order valence-corrected chi connectivity index (χ0v) is 16.3. The number of urea groups is 1. The molecule has 0 bridgehead atoms. The molecule has 1 aromatic rings. The Morgan fingerprint density at radius 2 is 1.84 bits per heavy atom. The van der Waals surface area contributed by atoms with Crippen molar-refractivity contribution in [3.63, 3.8) is 0 Å². The topological polar surface area (TPSA) is 87.7 Å². The predicted octanol–water partition coefficient (Wildman–Crippen LogP) is 1.95. The molecule has 1 fully saturated rings. The van der Waals surface area contributed by atoms with Crippen LogP contribution in [0.2, 0.25) is 0 Å². The number of benzene rings is 1. The fourth-order valence-corrected chi connectivity index (χ4v) is 3.75. The highest BCUT2D eigenvalue weighted by Crippen LogP contribution is 2.33. The Morgan fingerprint density at radius 3 is 2.47 bits per heavy atom. The molecule has 7 nitrogen and oxygen atoms in total. The maximum Gasteiger partial charge on any atom is 0.387 e. The van der Waals surface area contributed by atoms with Crippen molar-refractivity contribution >= 4 is 17.8 Å². The molecule has 1 atom stereocenters. The maximum atomic E-state index is 13.4. The van der Waals surface area contributed by atoms with Gasteiger partial charge in [0.05, 0.1) is 6.54 Å².